The maximum atomic E-state index is 7.05. The Kier molecular flexibility index (Phi) is 17.5. The van der Waals surface area contributed by atoms with Gasteiger partial charge in [-0.1, -0.05) is 73.1 Å². The Hall–Kier alpha value is -0.240. The van der Waals surface area contributed by atoms with E-state index in [1.165, 1.54) is 116 Å². The molecular weight excluding hydrogens is 594 g/mol. The van der Waals surface area contributed by atoms with E-state index in [1.54, 1.807) is 0 Å². The van der Waals surface area contributed by atoms with Crippen molar-refractivity contribution in [1.82, 2.24) is 5.32 Å². The van der Waals surface area contributed by atoms with Gasteiger partial charge in [-0.15, -0.1) is 0 Å². The number of hydrogen-bond acceptors (Lipinski definition) is 6. The Morgan fingerprint density at radius 2 is 1.40 bits per heavy atom. The predicted molar refractivity (Wildman–Crippen MR) is 202 cm³/mol. The molecule has 4 aliphatic rings. The van der Waals surface area contributed by atoms with Crippen LogP contribution in [0.2, 0.25) is 0 Å². The molecule has 0 aliphatic heterocycles. The van der Waals surface area contributed by atoms with Gasteiger partial charge in [0.25, 0.3) is 0 Å². The lowest BCUT2D eigenvalue weighted by Crippen LogP contribution is -2.63. The second kappa shape index (κ2) is 20.7. The third-order valence-corrected chi connectivity index (χ3v) is 14.4. The van der Waals surface area contributed by atoms with Crippen molar-refractivity contribution in [3.05, 3.63) is 0 Å². The highest BCUT2D eigenvalue weighted by Gasteiger charge is 2.66. The van der Waals surface area contributed by atoms with Gasteiger partial charge >= 0.3 is 0 Å². The van der Waals surface area contributed by atoms with Crippen molar-refractivity contribution in [3.63, 3.8) is 0 Å². The van der Waals surface area contributed by atoms with Gasteiger partial charge in [0.2, 0.25) is 0 Å². The van der Waals surface area contributed by atoms with E-state index < -0.39 is 0 Å². The molecule has 0 aromatic rings. The normalized spacial score (nSPS) is 36.8. The molecule has 4 fully saturated rings. The van der Waals surface area contributed by atoms with E-state index in [9.17, 15) is 0 Å². The highest BCUT2D eigenvalue weighted by atomic mass is 16.5. The van der Waals surface area contributed by atoms with Crippen LogP contribution in [-0.2, 0) is 14.2 Å². The van der Waals surface area contributed by atoms with E-state index in [4.69, 9.17) is 25.7 Å². The molecule has 0 unspecified atom stereocenters. The minimum absolute atomic E-state index is 0.208. The van der Waals surface area contributed by atoms with Gasteiger partial charge in [-0.2, -0.15) is 0 Å². The van der Waals surface area contributed by atoms with Crippen molar-refractivity contribution in [2.24, 2.45) is 57.8 Å². The first kappa shape index (κ1) is 40.5. The molecule has 0 radical (unpaired) electrons. The summed E-state index contributed by atoms with van der Waals surface area (Å²) in [6.07, 6.45) is 25.0. The van der Waals surface area contributed by atoms with Crippen LogP contribution in [0, 0.1) is 46.3 Å². The molecule has 5 N–H and O–H groups in total. The smallest absolute Gasteiger partial charge is 0.0637 e. The summed E-state index contributed by atoms with van der Waals surface area (Å²) in [7, 11) is 0. The van der Waals surface area contributed by atoms with Gasteiger partial charge in [0, 0.05) is 25.2 Å². The lowest BCUT2D eigenvalue weighted by molar-refractivity contribution is -0.227. The summed E-state index contributed by atoms with van der Waals surface area (Å²) in [5, 5.41) is 3.78. The maximum Gasteiger partial charge on any atom is 0.0637 e. The fraction of sp³-hybridized carbons (Fsp3) is 1.00. The van der Waals surface area contributed by atoms with Gasteiger partial charge < -0.3 is 31.0 Å². The van der Waals surface area contributed by atoms with E-state index in [2.05, 4.69) is 39.9 Å². The van der Waals surface area contributed by atoms with Crippen LogP contribution < -0.4 is 16.8 Å². The highest BCUT2D eigenvalue weighted by molar-refractivity contribution is 5.15. The van der Waals surface area contributed by atoms with Crippen LogP contribution in [-0.4, -0.2) is 64.3 Å². The second-order valence-corrected chi connectivity index (χ2v) is 17.3. The number of nitrogens with two attached hydrogens (primary N) is 2. The minimum Gasteiger partial charge on any atom is -0.378 e. The summed E-state index contributed by atoms with van der Waals surface area (Å²) in [5.74, 6) is 4.10. The van der Waals surface area contributed by atoms with Gasteiger partial charge in [0.05, 0.1) is 18.3 Å². The monoisotopic (exact) mass is 676 g/mol. The highest BCUT2D eigenvalue weighted by Crippen LogP contribution is 2.69. The van der Waals surface area contributed by atoms with Crippen LogP contribution >= 0.6 is 0 Å². The fourth-order valence-corrected chi connectivity index (χ4v) is 11.6. The number of fused-ring (bicyclic) bond motifs is 5. The SMILES string of the molecule is CCCCCCCCNCCC[C@@H](C)[C@H]1CC[C@H]2[C@@H]3[C@H](OCCCC)C[C@@H]4C[C@H](OCCCN)CC[C@]4(C)[C@H]3C[C@H](OCCCN)[C@]12C. The maximum absolute atomic E-state index is 7.05. The van der Waals surface area contributed by atoms with Crippen LogP contribution in [0.4, 0.5) is 0 Å². The molecule has 4 aliphatic carbocycles. The molecule has 4 saturated carbocycles. The largest absolute Gasteiger partial charge is 0.378 e. The van der Waals surface area contributed by atoms with Gasteiger partial charge in [0.15, 0.2) is 0 Å². The molecule has 0 aromatic heterocycles. The average Bonchev–Trinajstić information content (AvgIpc) is 3.44. The van der Waals surface area contributed by atoms with Crippen LogP contribution in [0.15, 0.2) is 0 Å². The van der Waals surface area contributed by atoms with Gasteiger partial charge in [-0.25, -0.2) is 0 Å². The summed E-state index contributed by atoms with van der Waals surface area (Å²) in [4.78, 5) is 0. The predicted octanol–water partition coefficient (Wildman–Crippen LogP) is 8.88. The minimum atomic E-state index is 0.208. The molecule has 0 bridgehead atoms. The molecule has 6 heteroatoms. The zero-order valence-corrected chi connectivity index (χ0v) is 32.5. The Labute approximate surface area is 297 Å². The van der Waals surface area contributed by atoms with E-state index in [0.717, 1.165) is 51.0 Å². The van der Waals surface area contributed by atoms with Crippen LogP contribution in [0.5, 0.6) is 0 Å². The van der Waals surface area contributed by atoms with Crippen molar-refractivity contribution >= 4 is 0 Å². The van der Waals surface area contributed by atoms with Crippen molar-refractivity contribution in [2.45, 2.75) is 175 Å². The lowest BCUT2D eigenvalue weighted by Gasteiger charge is -2.65. The Morgan fingerprint density at radius 3 is 2.15 bits per heavy atom. The Balaban J connectivity index is 1.46. The van der Waals surface area contributed by atoms with Crippen molar-refractivity contribution in [1.29, 1.82) is 0 Å². The number of hydrogen-bond donors (Lipinski definition) is 3. The summed E-state index contributed by atoms with van der Waals surface area (Å²) in [5.41, 5.74) is 12.4. The lowest BCUT2D eigenvalue weighted by atomic mass is 9.43. The van der Waals surface area contributed by atoms with E-state index in [1.807, 2.05) is 0 Å². The van der Waals surface area contributed by atoms with Gasteiger partial charge in [-0.05, 0) is 151 Å². The van der Waals surface area contributed by atoms with Crippen LogP contribution in [0.3, 0.4) is 0 Å². The quantitative estimate of drug-likeness (QED) is 0.0886. The molecule has 282 valence electrons. The second-order valence-electron chi connectivity index (χ2n) is 17.3. The summed E-state index contributed by atoms with van der Waals surface area (Å²) < 4.78 is 20.5. The first-order chi connectivity index (χ1) is 23.3. The Bertz CT molecular complexity index is 875. The average molecular weight is 676 g/mol. The molecule has 0 aromatic carbocycles. The summed E-state index contributed by atoms with van der Waals surface area (Å²) in [6.45, 7) is 18.8. The van der Waals surface area contributed by atoms with Crippen molar-refractivity contribution in [3.8, 4) is 0 Å². The molecule has 4 rings (SSSR count). The molecule has 0 heterocycles. The molecule has 0 amide bonds. The molecule has 11 atom stereocenters. The molecule has 0 spiro atoms. The summed E-state index contributed by atoms with van der Waals surface area (Å²) in [6, 6.07) is 0. The van der Waals surface area contributed by atoms with E-state index in [0.29, 0.717) is 60.5 Å². The standard InChI is InChI=1S/C42H81N3O3/c1-6-8-10-11-12-13-24-45-25-14-17-32(3)35-18-19-36-40-37(31-39(42(35,36)5)48-28-16-23-44)41(4)21-20-34(46-27-15-22-43)29-33(41)30-38(40)47-26-9-7-2/h32-40,45H,6-31,43-44H2,1-5H3/t32-,33+,34-,35-,36+,37+,38-,39+,40+,41+,42-/m1/s1. The van der Waals surface area contributed by atoms with Crippen molar-refractivity contribution < 1.29 is 14.2 Å². The first-order valence-electron chi connectivity index (χ1n) is 21.3. The number of rotatable bonds is 24. The molecule has 48 heavy (non-hydrogen) atoms. The summed E-state index contributed by atoms with van der Waals surface area (Å²) >= 11 is 0. The number of ether oxygens (including phenoxy) is 3. The fourth-order valence-electron chi connectivity index (χ4n) is 11.6. The molecule has 0 saturated heterocycles. The van der Waals surface area contributed by atoms with Crippen LogP contribution in [0.25, 0.3) is 0 Å². The van der Waals surface area contributed by atoms with Gasteiger partial charge in [0.1, 0.15) is 0 Å². The Morgan fingerprint density at radius 1 is 0.708 bits per heavy atom. The molecular formula is C42H81N3O3. The van der Waals surface area contributed by atoms with Gasteiger partial charge in [-0.3, -0.25) is 0 Å². The van der Waals surface area contributed by atoms with Crippen LogP contribution in [0.1, 0.15) is 157 Å². The van der Waals surface area contributed by atoms with Crippen molar-refractivity contribution in [2.75, 3.05) is 46.0 Å². The first-order valence-corrected chi connectivity index (χ1v) is 21.3. The van der Waals surface area contributed by atoms with E-state index >= 15 is 0 Å². The number of unbranched alkanes of at least 4 members (excludes halogenated alkanes) is 6. The topological polar surface area (TPSA) is 91.8 Å². The molecule has 6 nitrogen and oxygen atoms in total. The third kappa shape index (κ3) is 10.00. The van der Waals surface area contributed by atoms with E-state index in [-0.39, 0.29) is 5.41 Å². The zero-order valence-electron chi connectivity index (χ0n) is 32.5. The third-order valence-electron chi connectivity index (χ3n) is 14.4. The zero-order chi connectivity index (χ0) is 34.4. The number of nitrogens with one attached hydrogen (secondary N) is 1.